The average molecular weight is 261 g/mol. The molecule has 0 bridgehead atoms. The van der Waals surface area contributed by atoms with E-state index in [4.69, 9.17) is 0 Å². The lowest BCUT2D eigenvalue weighted by Crippen LogP contribution is -3.02. The molecule has 1 aromatic carbocycles. The minimum Gasteiger partial charge on any atom is -0.506 e. The van der Waals surface area contributed by atoms with Gasteiger partial charge in [0.05, 0.1) is 25.6 Å². The van der Waals surface area contributed by atoms with Crippen molar-refractivity contribution in [2.24, 2.45) is 0 Å². The summed E-state index contributed by atoms with van der Waals surface area (Å²) in [5.41, 5.74) is 2.06. The number of aromatic hydroxyl groups is 1. The summed E-state index contributed by atoms with van der Waals surface area (Å²) < 4.78 is 0.769. The summed E-state index contributed by atoms with van der Waals surface area (Å²) in [5, 5.41) is 9.28. The molecule has 0 amide bonds. The second-order valence-corrected chi connectivity index (χ2v) is 4.77. The molecule has 0 saturated carbocycles. The number of halogens is 1. The summed E-state index contributed by atoms with van der Waals surface area (Å²) in [6.07, 6.45) is 0. The maximum absolute atomic E-state index is 9.28. The van der Waals surface area contributed by atoms with Crippen molar-refractivity contribution in [3.05, 3.63) is 27.7 Å². The Hall–Kier alpha value is -0.540. The molecule has 0 radical (unpaired) electrons. The van der Waals surface area contributed by atoms with Crippen LogP contribution in [0, 0.1) is 13.8 Å². The van der Waals surface area contributed by atoms with Crippen LogP contribution in [0.25, 0.3) is 0 Å². The largest absolute Gasteiger partial charge is 0.506 e. The fourth-order valence-corrected chi connectivity index (χ4v) is 1.58. The van der Waals surface area contributed by atoms with Crippen LogP contribution in [0.1, 0.15) is 11.1 Å². The Morgan fingerprint density at radius 3 is 1.93 bits per heavy atom. The van der Waals surface area contributed by atoms with Crippen LogP contribution in [0.5, 0.6) is 5.75 Å². The molecule has 14 heavy (non-hydrogen) atoms. The summed E-state index contributed by atoms with van der Waals surface area (Å²) in [7, 11) is 6.25. The van der Waals surface area contributed by atoms with Gasteiger partial charge in [0.2, 0.25) is 0 Å². The van der Waals surface area contributed by atoms with Crippen LogP contribution < -0.4 is 4.90 Å². The molecule has 1 rings (SSSR count). The molecule has 0 aliphatic rings. The van der Waals surface area contributed by atoms with Gasteiger partial charge in [-0.1, -0.05) is 6.07 Å². The Morgan fingerprint density at radius 1 is 1.14 bits per heavy atom. The molecular formula is C11H19BrNO+. The van der Waals surface area contributed by atoms with Gasteiger partial charge in [-0.05, 0) is 47.0 Å². The maximum Gasteiger partial charge on any atom is 0.132 e. The van der Waals surface area contributed by atoms with E-state index in [1.54, 1.807) is 0 Å². The van der Waals surface area contributed by atoms with Gasteiger partial charge < -0.3 is 10.0 Å². The highest BCUT2D eigenvalue weighted by atomic mass is 79.9. The highest BCUT2D eigenvalue weighted by Crippen LogP contribution is 2.28. The number of hydrogen-bond acceptors (Lipinski definition) is 1. The fourth-order valence-electron chi connectivity index (χ4n) is 0.908. The Morgan fingerprint density at radius 2 is 1.57 bits per heavy atom. The quantitative estimate of drug-likeness (QED) is 0.727. The molecule has 0 aromatic heterocycles. The van der Waals surface area contributed by atoms with Crippen LogP contribution >= 0.6 is 15.9 Å². The van der Waals surface area contributed by atoms with E-state index in [0.29, 0.717) is 5.75 Å². The highest BCUT2D eigenvalue weighted by molar-refractivity contribution is 9.10. The third-order valence-electron chi connectivity index (χ3n) is 1.40. The van der Waals surface area contributed by atoms with Crippen LogP contribution in [-0.4, -0.2) is 26.2 Å². The van der Waals surface area contributed by atoms with E-state index in [1.165, 1.54) is 4.90 Å². The van der Waals surface area contributed by atoms with Gasteiger partial charge in [0.1, 0.15) is 5.75 Å². The Labute approximate surface area is 94.7 Å². The number of nitrogens with one attached hydrogen (secondary N) is 1. The number of quaternary nitrogens is 1. The van der Waals surface area contributed by atoms with E-state index in [-0.39, 0.29) is 0 Å². The van der Waals surface area contributed by atoms with E-state index in [2.05, 4.69) is 37.1 Å². The second-order valence-electron chi connectivity index (χ2n) is 3.91. The minimum absolute atomic E-state index is 0.339. The first-order valence-electron chi connectivity index (χ1n) is 4.57. The van der Waals surface area contributed by atoms with Gasteiger partial charge in [0.15, 0.2) is 0 Å². The zero-order valence-electron chi connectivity index (χ0n) is 9.48. The molecule has 0 unspecified atom stereocenters. The number of aryl methyl sites for hydroxylation is 2. The van der Waals surface area contributed by atoms with Gasteiger partial charge in [-0.25, -0.2) is 0 Å². The van der Waals surface area contributed by atoms with Gasteiger partial charge in [-0.2, -0.15) is 0 Å². The molecule has 80 valence electrons. The number of hydrogen-bond donors (Lipinski definition) is 2. The molecular weight excluding hydrogens is 242 g/mol. The Balaban J connectivity index is 0.000000364. The molecule has 0 aliphatic heterocycles. The van der Waals surface area contributed by atoms with Crippen LogP contribution in [0.3, 0.4) is 0 Å². The topological polar surface area (TPSA) is 24.7 Å². The molecule has 2 N–H and O–H groups in total. The number of rotatable bonds is 0. The van der Waals surface area contributed by atoms with Gasteiger partial charge in [0.25, 0.3) is 0 Å². The van der Waals surface area contributed by atoms with Gasteiger partial charge >= 0.3 is 0 Å². The van der Waals surface area contributed by atoms with Gasteiger partial charge in [-0.15, -0.1) is 0 Å². The van der Waals surface area contributed by atoms with Crippen molar-refractivity contribution in [3.8, 4) is 5.75 Å². The molecule has 0 atom stereocenters. The third kappa shape index (κ3) is 5.25. The fraction of sp³-hybridized carbons (Fsp3) is 0.455. The molecule has 0 saturated heterocycles. The first-order valence-corrected chi connectivity index (χ1v) is 5.36. The lowest BCUT2D eigenvalue weighted by atomic mass is 10.1. The zero-order valence-corrected chi connectivity index (χ0v) is 11.1. The lowest BCUT2D eigenvalue weighted by Gasteiger charge is -2.01. The van der Waals surface area contributed by atoms with Crippen LogP contribution in [-0.2, 0) is 0 Å². The Bertz CT molecular complexity index is 272. The van der Waals surface area contributed by atoms with Crippen LogP contribution in [0.2, 0.25) is 0 Å². The van der Waals surface area contributed by atoms with Gasteiger partial charge in [-0.3, -0.25) is 0 Å². The lowest BCUT2D eigenvalue weighted by molar-refractivity contribution is -0.836. The first kappa shape index (κ1) is 13.5. The van der Waals surface area contributed by atoms with Crippen molar-refractivity contribution in [1.82, 2.24) is 0 Å². The molecule has 0 spiro atoms. The maximum atomic E-state index is 9.28. The van der Waals surface area contributed by atoms with E-state index in [9.17, 15) is 5.11 Å². The van der Waals surface area contributed by atoms with Gasteiger partial charge in [0, 0.05) is 0 Å². The summed E-state index contributed by atoms with van der Waals surface area (Å²) in [4.78, 5) is 1.42. The van der Waals surface area contributed by atoms with Crippen molar-refractivity contribution < 1.29 is 10.0 Å². The van der Waals surface area contributed by atoms with Crippen molar-refractivity contribution >= 4 is 15.9 Å². The van der Waals surface area contributed by atoms with Crippen molar-refractivity contribution in [3.63, 3.8) is 0 Å². The minimum atomic E-state index is 0.339. The van der Waals surface area contributed by atoms with E-state index < -0.39 is 0 Å². The molecule has 1 aromatic rings. The zero-order chi connectivity index (χ0) is 11.3. The standard InChI is InChI=1S/C8H9BrO.C3H9N/c1-5-3-6(2)8(10)7(9)4-5;1-4(2)3/h3-4,10H,1-2H3;1-3H3/p+1. The van der Waals surface area contributed by atoms with E-state index in [1.807, 2.05) is 26.0 Å². The second kappa shape index (κ2) is 6.04. The molecule has 0 heterocycles. The average Bonchev–Trinajstić information content (AvgIpc) is 1.98. The van der Waals surface area contributed by atoms with Crippen molar-refractivity contribution in [1.29, 1.82) is 0 Å². The predicted molar refractivity (Wildman–Crippen MR) is 64.0 cm³/mol. The summed E-state index contributed by atoms with van der Waals surface area (Å²) in [6, 6.07) is 3.84. The summed E-state index contributed by atoms with van der Waals surface area (Å²) >= 11 is 3.25. The number of phenols is 1. The van der Waals surface area contributed by atoms with E-state index >= 15 is 0 Å². The smallest absolute Gasteiger partial charge is 0.132 e. The number of phenolic OH excluding ortho intramolecular Hbond substituents is 1. The monoisotopic (exact) mass is 260 g/mol. The van der Waals surface area contributed by atoms with Crippen LogP contribution in [0.15, 0.2) is 16.6 Å². The molecule has 0 aliphatic carbocycles. The molecule has 3 heteroatoms. The highest BCUT2D eigenvalue weighted by Gasteiger charge is 2.00. The predicted octanol–water partition coefficient (Wildman–Crippen LogP) is 1.53. The SMILES string of the molecule is C[NH+](C)C.Cc1cc(C)c(O)c(Br)c1. The molecule has 2 nitrogen and oxygen atoms in total. The first-order chi connectivity index (χ1) is 6.34. The third-order valence-corrected chi connectivity index (χ3v) is 2.00. The normalized spacial score (nSPS) is 9.64. The van der Waals surface area contributed by atoms with E-state index in [0.717, 1.165) is 15.6 Å². The summed E-state index contributed by atoms with van der Waals surface area (Å²) in [5.74, 6) is 0.339. The van der Waals surface area contributed by atoms with Crippen LogP contribution in [0.4, 0.5) is 0 Å². The van der Waals surface area contributed by atoms with Crippen molar-refractivity contribution in [2.75, 3.05) is 21.1 Å². The Kier molecular flexibility index (Phi) is 5.81. The molecule has 0 fully saturated rings. The number of benzene rings is 1. The summed E-state index contributed by atoms with van der Waals surface area (Å²) in [6.45, 7) is 3.88. The van der Waals surface area contributed by atoms with Crippen molar-refractivity contribution in [2.45, 2.75) is 13.8 Å².